The Kier molecular flexibility index (Phi) is 15.1. The van der Waals surface area contributed by atoms with Crippen LogP contribution < -0.4 is 4.90 Å². The Morgan fingerprint density at radius 1 is 0.900 bits per heavy atom. The summed E-state index contributed by atoms with van der Waals surface area (Å²) in [6, 6.07) is 5.07. The van der Waals surface area contributed by atoms with Crippen LogP contribution in [0, 0.1) is 0 Å². The van der Waals surface area contributed by atoms with E-state index in [-0.39, 0.29) is 26.4 Å². The van der Waals surface area contributed by atoms with Gasteiger partial charge in [-0.3, -0.25) is 4.90 Å². The summed E-state index contributed by atoms with van der Waals surface area (Å²) in [5, 5.41) is 18.9. The minimum absolute atomic E-state index is 0.196. The van der Waals surface area contributed by atoms with E-state index in [1.807, 2.05) is 13.8 Å². The van der Waals surface area contributed by atoms with Gasteiger partial charge in [0.05, 0.1) is 52.8 Å². The van der Waals surface area contributed by atoms with Crippen molar-refractivity contribution in [1.82, 2.24) is 0 Å². The number of aliphatic hydroxyl groups is 2. The van der Waals surface area contributed by atoms with E-state index in [2.05, 4.69) is 0 Å². The fraction of sp³-hybridized carbons (Fsp3) is 0.682. The van der Waals surface area contributed by atoms with Crippen LogP contribution in [0.4, 0.5) is 10.5 Å². The highest BCUT2D eigenvalue weighted by molar-refractivity contribution is 5.88. The Balaban J connectivity index is 0.00000407. The zero-order chi connectivity index (χ0) is 23.0. The van der Waals surface area contributed by atoms with Crippen LogP contribution in [0.5, 0.6) is 0 Å². The van der Waals surface area contributed by atoms with Gasteiger partial charge in [-0.2, -0.15) is 0 Å². The van der Waals surface area contributed by atoms with Crippen LogP contribution in [0.25, 0.3) is 0 Å². The van der Waals surface area contributed by atoms with E-state index in [1.165, 1.54) is 4.90 Å². The molecule has 0 aromatic heterocycles. The first-order valence-electron chi connectivity index (χ1n) is 10.3. The topological polar surface area (TPSA) is 97.7 Å². The summed E-state index contributed by atoms with van der Waals surface area (Å²) in [6.45, 7) is 11.4. The van der Waals surface area contributed by atoms with Gasteiger partial charge in [0.1, 0.15) is 5.60 Å². The van der Waals surface area contributed by atoms with Crippen LogP contribution in [0.15, 0.2) is 18.2 Å². The summed E-state index contributed by atoms with van der Waals surface area (Å²) in [7, 11) is 1.61. The Labute approximate surface area is 180 Å². The monoisotopic (exact) mass is 429 g/mol. The first-order valence-corrected chi connectivity index (χ1v) is 10.3. The molecule has 0 saturated heterocycles. The molecule has 0 heterocycles. The van der Waals surface area contributed by atoms with Crippen molar-refractivity contribution in [3.8, 4) is 0 Å². The number of hydrogen-bond acceptors (Lipinski definition) is 7. The number of benzene rings is 1. The Bertz CT molecular complexity index is 565. The molecule has 0 saturated carbocycles. The second-order valence-corrected chi connectivity index (χ2v) is 7.17. The molecule has 0 aliphatic carbocycles. The van der Waals surface area contributed by atoms with Crippen LogP contribution >= 0.6 is 0 Å². The third-order valence-electron chi connectivity index (χ3n) is 3.59. The second kappa shape index (κ2) is 16.0. The first-order chi connectivity index (χ1) is 14.3. The summed E-state index contributed by atoms with van der Waals surface area (Å²) in [4.78, 5) is 14.1. The zero-order valence-corrected chi connectivity index (χ0v) is 19.3. The van der Waals surface area contributed by atoms with Crippen molar-refractivity contribution in [3.63, 3.8) is 0 Å². The lowest BCUT2D eigenvalue weighted by Crippen LogP contribution is -2.39. The van der Waals surface area contributed by atoms with Crippen molar-refractivity contribution in [2.24, 2.45) is 0 Å². The Hall–Kier alpha value is -1.71. The van der Waals surface area contributed by atoms with Gasteiger partial charge in [-0.25, -0.2) is 4.79 Å². The smallest absolute Gasteiger partial charge is 0.414 e. The van der Waals surface area contributed by atoms with E-state index in [1.54, 1.807) is 46.1 Å². The van der Waals surface area contributed by atoms with Gasteiger partial charge in [0.15, 0.2) is 0 Å². The maximum atomic E-state index is 12.7. The molecule has 0 aliphatic heterocycles. The van der Waals surface area contributed by atoms with Gasteiger partial charge in [-0.1, -0.05) is 19.9 Å². The normalized spacial score (nSPS) is 10.9. The van der Waals surface area contributed by atoms with E-state index < -0.39 is 11.7 Å². The van der Waals surface area contributed by atoms with Gasteiger partial charge in [0, 0.05) is 12.8 Å². The molecule has 0 bridgehead atoms. The molecule has 0 fully saturated rings. The first kappa shape index (κ1) is 28.3. The van der Waals surface area contributed by atoms with E-state index in [4.69, 9.17) is 18.9 Å². The predicted molar refractivity (Wildman–Crippen MR) is 117 cm³/mol. The maximum absolute atomic E-state index is 12.7. The number of carbonyl (C=O) groups is 1. The van der Waals surface area contributed by atoms with Gasteiger partial charge >= 0.3 is 6.09 Å². The van der Waals surface area contributed by atoms with Gasteiger partial charge in [-0.15, -0.1) is 0 Å². The highest BCUT2D eigenvalue weighted by Crippen LogP contribution is 2.22. The maximum Gasteiger partial charge on any atom is 0.414 e. The molecule has 2 N–H and O–H groups in total. The van der Waals surface area contributed by atoms with Crippen molar-refractivity contribution in [2.45, 2.75) is 53.4 Å². The lowest BCUT2D eigenvalue weighted by atomic mass is 10.1. The van der Waals surface area contributed by atoms with Crippen LogP contribution in [0.1, 0.15) is 45.7 Å². The van der Waals surface area contributed by atoms with Gasteiger partial charge in [0.2, 0.25) is 0 Å². The Morgan fingerprint density at radius 3 is 1.87 bits per heavy atom. The van der Waals surface area contributed by atoms with Crippen molar-refractivity contribution < 1.29 is 34.0 Å². The van der Waals surface area contributed by atoms with Crippen LogP contribution in [0.3, 0.4) is 0 Å². The van der Waals surface area contributed by atoms with Crippen LogP contribution in [-0.4, -0.2) is 68.6 Å². The quantitative estimate of drug-likeness (QED) is 0.493. The number of carbonyl (C=O) groups excluding carboxylic acids is 1. The molecule has 1 aromatic carbocycles. The minimum Gasteiger partial charge on any atom is -0.443 e. The molecule has 30 heavy (non-hydrogen) atoms. The van der Waals surface area contributed by atoms with Gasteiger partial charge < -0.3 is 29.2 Å². The summed E-state index contributed by atoms with van der Waals surface area (Å²) in [6.07, 6.45) is -0.522. The number of rotatable bonds is 12. The highest BCUT2D eigenvalue weighted by Gasteiger charge is 2.24. The summed E-state index contributed by atoms with van der Waals surface area (Å²) in [5.41, 5.74) is 1.08. The third kappa shape index (κ3) is 12.1. The standard InChI is InChI=1S/C20H33NO7.C2H6/c1-20(2,3)28-19(24)21(5-6-26-9-10-27-8-7-25-4)18-12-16(14-22)11-17(13-18)15-23;1-2/h11-13,22-23H,5-10,14-15H2,1-4H3;1-2H3. The lowest BCUT2D eigenvalue weighted by molar-refractivity contribution is 0.0252. The number of ether oxygens (including phenoxy) is 4. The zero-order valence-electron chi connectivity index (χ0n) is 19.3. The molecule has 1 rings (SSSR count). The molecule has 0 aliphatic rings. The molecule has 1 aromatic rings. The molecule has 0 radical (unpaired) electrons. The predicted octanol–water partition coefficient (Wildman–Crippen LogP) is 3.12. The van der Waals surface area contributed by atoms with Crippen molar-refractivity contribution >= 4 is 11.8 Å². The SMILES string of the molecule is CC.COCCOCCOCCN(C(=O)OC(C)(C)C)c1cc(CO)cc(CO)c1. The average Bonchev–Trinajstić information content (AvgIpc) is 2.72. The number of aliphatic hydroxyl groups excluding tert-OH is 2. The fourth-order valence-corrected chi connectivity index (χ4v) is 2.34. The number of anilines is 1. The van der Waals surface area contributed by atoms with Crippen molar-refractivity contribution in [1.29, 1.82) is 0 Å². The Morgan fingerprint density at radius 2 is 1.40 bits per heavy atom. The number of amides is 1. The highest BCUT2D eigenvalue weighted by atomic mass is 16.6. The molecule has 1 amide bonds. The molecule has 0 atom stereocenters. The van der Waals surface area contributed by atoms with E-state index in [0.29, 0.717) is 43.2 Å². The number of nitrogens with zero attached hydrogens (tertiary/aromatic N) is 1. The molecule has 8 nitrogen and oxygen atoms in total. The third-order valence-corrected chi connectivity index (χ3v) is 3.59. The number of methoxy groups -OCH3 is 1. The van der Waals surface area contributed by atoms with Gasteiger partial charge in [0.25, 0.3) is 0 Å². The molecule has 0 spiro atoms. The molecular formula is C22H39NO7. The second-order valence-electron chi connectivity index (χ2n) is 7.17. The van der Waals surface area contributed by atoms with E-state index in [9.17, 15) is 15.0 Å². The largest absolute Gasteiger partial charge is 0.443 e. The van der Waals surface area contributed by atoms with Crippen molar-refractivity contribution in [2.75, 3.05) is 51.6 Å². The van der Waals surface area contributed by atoms with E-state index >= 15 is 0 Å². The van der Waals surface area contributed by atoms with Gasteiger partial charge in [-0.05, 0) is 44.0 Å². The molecule has 0 unspecified atom stereocenters. The summed E-state index contributed by atoms with van der Waals surface area (Å²) >= 11 is 0. The molecule has 174 valence electrons. The number of hydrogen-bond donors (Lipinski definition) is 2. The van der Waals surface area contributed by atoms with Crippen LogP contribution in [-0.2, 0) is 32.2 Å². The average molecular weight is 430 g/mol. The molecular weight excluding hydrogens is 390 g/mol. The molecule has 8 heteroatoms. The minimum atomic E-state index is -0.653. The fourth-order valence-electron chi connectivity index (χ4n) is 2.34. The lowest BCUT2D eigenvalue weighted by Gasteiger charge is -2.28. The van der Waals surface area contributed by atoms with E-state index in [0.717, 1.165) is 0 Å². The summed E-state index contributed by atoms with van der Waals surface area (Å²) in [5.74, 6) is 0. The summed E-state index contributed by atoms with van der Waals surface area (Å²) < 4.78 is 21.3. The van der Waals surface area contributed by atoms with Crippen LogP contribution in [0.2, 0.25) is 0 Å². The van der Waals surface area contributed by atoms with Crippen molar-refractivity contribution in [3.05, 3.63) is 29.3 Å².